The molecule has 0 amide bonds. The first-order valence-corrected chi connectivity index (χ1v) is 4.13. The molecule has 0 radical (unpaired) electrons. The van der Waals surface area contributed by atoms with Crippen LogP contribution >= 0.6 is 0 Å². The van der Waals surface area contributed by atoms with Gasteiger partial charge in [0.2, 0.25) is 0 Å². The highest BCUT2D eigenvalue weighted by Crippen LogP contribution is 2.19. The van der Waals surface area contributed by atoms with E-state index >= 15 is 0 Å². The number of nitrogens with zero attached hydrogens (tertiary/aromatic N) is 1. The van der Waals surface area contributed by atoms with Crippen LogP contribution in [0.25, 0.3) is 10.9 Å². The second-order valence-electron chi connectivity index (χ2n) is 2.99. The van der Waals surface area contributed by atoms with Crippen LogP contribution in [0, 0.1) is 6.92 Å². The number of H-pyrrole nitrogens is 1. The predicted molar refractivity (Wildman–Crippen MR) is 54.8 cm³/mol. The van der Waals surface area contributed by atoms with E-state index in [-0.39, 0.29) is 0 Å². The Morgan fingerprint density at radius 1 is 1.38 bits per heavy atom. The zero-order chi connectivity index (χ0) is 9.26. The molecule has 66 valence electrons. The summed E-state index contributed by atoms with van der Waals surface area (Å²) in [6.45, 7) is 2.01. The molecule has 1 aromatic carbocycles. The Labute approximate surface area is 76.3 Å². The van der Waals surface area contributed by atoms with E-state index in [1.807, 2.05) is 25.1 Å². The third-order valence-electron chi connectivity index (χ3n) is 2.15. The Hall–Kier alpha value is -1.77. The number of hydrogen-bond acceptors (Lipinski definition) is 2. The van der Waals surface area contributed by atoms with E-state index in [4.69, 9.17) is 5.84 Å². The van der Waals surface area contributed by atoms with Crippen LogP contribution in [0.5, 0.6) is 0 Å². The van der Waals surface area contributed by atoms with Gasteiger partial charge in [-0.3, -0.25) is 0 Å². The maximum Gasteiger partial charge on any atom is 0.0562 e. The fraction of sp³-hybridized carbons (Fsp3) is 0.100. The zero-order valence-electron chi connectivity index (χ0n) is 7.41. The van der Waals surface area contributed by atoms with Gasteiger partial charge in [0.05, 0.1) is 6.21 Å². The van der Waals surface area contributed by atoms with Crippen molar-refractivity contribution in [3.63, 3.8) is 0 Å². The summed E-state index contributed by atoms with van der Waals surface area (Å²) in [4.78, 5) is 3.27. The number of fused-ring (bicyclic) bond motifs is 1. The Kier molecular flexibility index (Phi) is 1.77. The zero-order valence-corrected chi connectivity index (χ0v) is 7.41. The van der Waals surface area contributed by atoms with E-state index in [1.165, 1.54) is 0 Å². The van der Waals surface area contributed by atoms with Gasteiger partial charge in [0.15, 0.2) is 0 Å². The molecule has 13 heavy (non-hydrogen) atoms. The number of hydrazone groups is 1. The minimum atomic E-state index is 1.07. The standard InChI is InChI=1S/C10H11N3/c1-7-9(6-12-11)8-4-2-3-5-10(8)13-7/h2-6,13H,11H2,1H3/b12-6-. The maximum absolute atomic E-state index is 5.14. The largest absolute Gasteiger partial charge is 0.358 e. The number of nitrogens with two attached hydrogens (primary N) is 1. The van der Waals surface area contributed by atoms with Crippen LogP contribution in [0.2, 0.25) is 0 Å². The summed E-state index contributed by atoms with van der Waals surface area (Å²) in [6.07, 6.45) is 1.67. The first kappa shape index (κ1) is 7.86. The minimum Gasteiger partial charge on any atom is -0.358 e. The lowest BCUT2D eigenvalue weighted by Crippen LogP contribution is -1.87. The fourth-order valence-corrected chi connectivity index (χ4v) is 1.54. The summed E-state index contributed by atoms with van der Waals surface area (Å²) in [5.74, 6) is 5.14. The average molecular weight is 173 g/mol. The molecule has 0 aliphatic rings. The Balaban J connectivity index is 2.78. The van der Waals surface area contributed by atoms with Crippen LogP contribution in [0.15, 0.2) is 29.4 Å². The summed E-state index contributed by atoms with van der Waals surface area (Å²) in [5.41, 5.74) is 3.28. The molecule has 2 rings (SSSR count). The highest BCUT2D eigenvalue weighted by atomic mass is 15.1. The van der Waals surface area contributed by atoms with Crippen LogP contribution in [-0.2, 0) is 0 Å². The molecule has 3 heteroatoms. The number of aromatic nitrogens is 1. The van der Waals surface area contributed by atoms with Gasteiger partial charge in [-0.2, -0.15) is 5.10 Å². The fourth-order valence-electron chi connectivity index (χ4n) is 1.54. The first-order chi connectivity index (χ1) is 6.33. The van der Waals surface area contributed by atoms with Crippen LogP contribution in [0.3, 0.4) is 0 Å². The molecular weight excluding hydrogens is 162 g/mol. The summed E-state index contributed by atoms with van der Waals surface area (Å²) in [6, 6.07) is 8.09. The van der Waals surface area contributed by atoms with Crippen molar-refractivity contribution in [2.45, 2.75) is 6.92 Å². The molecule has 2 aromatic rings. The summed E-state index contributed by atoms with van der Waals surface area (Å²) in [5, 5.41) is 4.71. The SMILES string of the molecule is Cc1[nH]c2ccccc2c1/C=N\N. The van der Waals surface area contributed by atoms with E-state index in [0.29, 0.717) is 0 Å². The lowest BCUT2D eigenvalue weighted by atomic mass is 10.1. The lowest BCUT2D eigenvalue weighted by molar-refractivity contribution is 1.25. The molecule has 0 atom stereocenters. The van der Waals surface area contributed by atoms with Gasteiger partial charge >= 0.3 is 0 Å². The Bertz CT molecular complexity index is 454. The molecule has 0 fully saturated rings. The van der Waals surface area contributed by atoms with Crippen molar-refractivity contribution < 1.29 is 0 Å². The van der Waals surface area contributed by atoms with Gasteiger partial charge in [-0.25, -0.2) is 0 Å². The summed E-state index contributed by atoms with van der Waals surface area (Å²) < 4.78 is 0. The van der Waals surface area contributed by atoms with E-state index < -0.39 is 0 Å². The Morgan fingerprint density at radius 3 is 2.92 bits per heavy atom. The van der Waals surface area contributed by atoms with Crippen molar-refractivity contribution in [1.29, 1.82) is 0 Å². The third kappa shape index (κ3) is 1.18. The predicted octanol–water partition coefficient (Wildman–Crippen LogP) is 1.77. The quantitative estimate of drug-likeness (QED) is 0.385. The second-order valence-corrected chi connectivity index (χ2v) is 2.99. The molecule has 0 unspecified atom stereocenters. The molecule has 3 N–H and O–H groups in total. The van der Waals surface area contributed by atoms with Crippen LogP contribution in [0.4, 0.5) is 0 Å². The number of aromatic amines is 1. The molecule has 0 aliphatic carbocycles. The summed E-state index contributed by atoms with van der Waals surface area (Å²) >= 11 is 0. The lowest BCUT2D eigenvalue weighted by Gasteiger charge is -1.89. The van der Waals surface area contributed by atoms with Crippen molar-refractivity contribution >= 4 is 17.1 Å². The highest BCUT2D eigenvalue weighted by Gasteiger charge is 2.04. The van der Waals surface area contributed by atoms with E-state index in [0.717, 1.165) is 22.2 Å². The highest BCUT2D eigenvalue weighted by molar-refractivity contribution is 6.00. The molecule has 0 saturated heterocycles. The van der Waals surface area contributed by atoms with Gasteiger partial charge in [-0.05, 0) is 13.0 Å². The molecule has 0 aliphatic heterocycles. The van der Waals surface area contributed by atoms with E-state index in [2.05, 4.69) is 16.2 Å². The Morgan fingerprint density at radius 2 is 2.15 bits per heavy atom. The van der Waals surface area contributed by atoms with Crippen molar-refractivity contribution in [2.24, 2.45) is 10.9 Å². The second kappa shape index (κ2) is 2.94. The molecule has 0 saturated carbocycles. The van der Waals surface area contributed by atoms with Crippen LogP contribution in [0.1, 0.15) is 11.3 Å². The molecule has 0 spiro atoms. The monoisotopic (exact) mass is 173 g/mol. The number of benzene rings is 1. The number of hydrogen-bond donors (Lipinski definition) is 2. The van der Waals surface area contributed by atoms with Gasteiger partial charge in [0.25, 0.3) is 0 Å². The van der Waals surface area contributed by atoms with Crippen LogP contribution in [-0.4, -0.2) is 11.2 Å². The van der Waals surface area contributed by atoms with Gasteiger partial charge < -0.3 is 10.8 Å². The van der Waals surface area contributed by atoms with E-state index in [9.17, 15) is 0 Å². The number of nitrogens with one attached hydrogen (secondary N) is 1. The van der Waals surface area contributed by atoms with Gasteiger partial charge in [0, 0.05) is 22.2 Å². The van der Waals surface area contributed by atoms with Crippen molar-refractivity contribution in [3.05, 3.63) is 35.5 Å². The van der Waals surface area contributed by atoms with Crippen molar-refractivity contribution in [1.82, 2.24) is 4.98 Å². The molecule has 3 nitrogen and oxygen atoms in total. The minimum absolute atomic E-state index is 1.07. The topological polar surface area (TPSA) is 54.2 Å². The van der Waals surface area contributed by atoms with Gasteiger partial charge in [-0.15, -0.1) is 0 Å². The number of para-hydroxylation sites is 1. The van der Waals surface area contributed by atoms with Gasteiger partial charge in [0.1, 0.15) is 0 Å². The molecule has 1 aromatic heterocycles. The maximum atomic E-state index is 5.14. The van der Waals surface area contributed by atoms with Crippen molar-refractivity contribution in [2.75, 3.05) is 0 Å². The molecule has 1 heterocycles. The normalized spacial score (nSPS) is 11.5. The van der Waals surface area contributed by atoms with Crippen LogP contribution < -0.4 is 5.84 Å². The smallest absolute Gasteiger partial charge is 0.0562 e. The van der Waals surface area contributed by atoms with E-state index in [1.54, 1.807) is 6.21 Å². The number of rotatable bonds is 1. The molecular formula is C10H11N3. The summed E-state index contributed by atoms with van der Waals surface area (Å²) in [7, 11) is 0. The van der Waals surface area contributed by atoms with Gasteiger partial charge in [-0.1, -0.05) is 18.2 Å². The third-order valence-corrected chi connectivity index (χ3v) is 2.15. The number of aryl methyl sites for hydroxylation is 1. The molecule has 0 bridgehead atoms. The van der Waals surface area contributed by atoms with Crippen molar-refractivity contribution in [3.8, 4) is 0 Å². The first-order valence-electron chi connectivity index (χ1n) is 4.13. The average Bonchev–Trinajstić information content (AvgIpc) is 2.44.